The normalized spacial score (nSPS) is 22.5. The number of likely N-dealkylation sites (N-methyl/N-ethyl adjacent to an activating group) is 1. The molecule has 2 aromatic rings. The Morgan fingerprint density at radius 1 is 1.12 bits per heavy atom. The van der Waals surface area contributed by atoms with Crippen molar-refractivity contribution >= 4 is 5.97 Å². The average molecular weight is 351 g/mol. The van der Waals surface area contributed by atoms with E-state index in [9.17, 15) is 4.79 Å². The highest BCUT2D eigenvalue weighted by atomic mass is 16.6. The van der Waals surface area contributed by atoms with Crippen LogP contribution in [0.25, 0.3) is 0 Å². The second kappa shape index (κ2) is 8.50. The summed E-state index contributed by atoms with van der Waals surface area (Å²) in [6.45, 7) is 2.82. The quantitative estimate of drug-likeness (QED) is 0.685. The molecule has 2 aromatic carbocycles. The van der Waals surface area contributed by atoms with Gasteiger partial charge in [-0.3, -0.25) is 9.69 Å². The molecule has 1 unspecified atom stereocenters. The molecule has 3 heteroatoms. The van der Waals surface area contributed by atoms with Crippen LogP contribution in [0.4, 0.5) is 0 Å². The highest BCUT2D eigenvalue weighted by molar-refractivity contribution is 5.70. The van der Waals surface area contributed by atoms with Gasteiger partial charge in [-0.05, 0) is 43.9 Å². The molecule has 0 amide bonds. The Bertz CT molecular complexity index is 701. The van der Waals surface area contributed by atoms with Gasteiger partial charge in [-0.25, -0.2) is 0 Å². The molecule has 138 valence electrons. The van der Waals surface area contributed by atoms with Gasteiger partial charge in [0.05, 0.1) is 6.04 Å². The predicted octanol–water partition coefficient (Wildman–Crippen LogP) is 4.56. The Morgan fingerprint density at radius 2 is 1.77 bits per heavy atom. The Labute approximate surface area is 157 Å². The van der Waals surface area contributed by atoms with E-state index in [0.717, 1.165) is 37.8 Å². The van der Waals surface area contributed by atoms with Gasteiger partial charge in [-0.2, -0.15) is 0 Å². The average Bonchev–Trinajstić information content (AvgIpc) is 3.12. The Balaban J connectivity index is 1.82. The van der Waals surface area contributed by atoms with Crippen LogP contribution < -0.4 is 0 Å². The zero-order chi connectivity index (χ0) is 18.4. The van der Waals surface area contributed by atoms with Gasteiger partial charge in [0, 0.05) is 13.0 Å². The summed E-state index contributed by atoms with van der Waals surface area (Å²) in [5.41, 5.74) is 1.93. The van der Waals surface area contributed by atoms with Crippen LogP contribution in [0.5, 0.6) is 0 Å². The van der Waals surface area contributed by atoms with Crippen molar-refractivity contribution in [2.45, 2.75) is 50.7 Å². The maximum atomic E-state index is 12.3. The lowest BCUT2D eigenvalue weighted by Gasteiger charge is -2.40. The van der Waals surface area contributed by atoms with Crippen molar-refractivity contribution < 1.29 is 9.53 Å². The number of hydrogen-bond acceptors (Lipinski definition) is 3. The van der Waals surface area contributed by atoms with Gasteiger partial charge in [-0.1, -0.05) is 67.6 Å². The second-order valence-electron chi connectivity index (χ2n) is 7.21. The molecule has 0 bridgehead atoms. The maximum Gasteiger partial charge on any atom is 0.306 e. The largest absolute Gasteiger partial charge is 0.452 e. The molecular formula is C23H29NO2. The van der Waals surface area contributed by atoms with E-state index in [-0.39, 0.29) is 12.0 Å². The predicted molar refractivity (Wildman–Crippen MR) is 105 cm³/mol. The molecule has 1 aliphatic carbocycles. The zero-order valence-corrected chi connectivity index (χ0v) is 15.9. The number of benzene rings is 2. The molecule has 26 heavy (non-hydrogen) atoms. The van der Waals surface area contributed by atoms with E-state index in [1.807, 2.05) is 25.1 Å². The van der Waals surface area contributed by atoms with Crippen molar-refractivity contribution in [2.24, 2.45) is 0 Å². The standard InChI is InChI=1S/C23H29NO2/c1-3-22(25)26-23(20-13-8-5-9-14-20)17-10-15-21(23)24(2)18-16-19-11-6-4-7-12-19/h4-9,11-14,21H,3,10,15-18H2,1-2H3/t21-,23?/m0/s1. The summed E-state index contributed by atoms with van der Waals surface area (Å²) in [4.78, 5) is 14.6. The van der Waals surface area contributed by atoms with Crippen molar-refractivity contribution in [2.75, 3.05) is 13.6 Å². The van der Waals surface area contributed by atoms with Crippen molar-refractivity contribution in [3.63, 3.8) is 0 Å². The van der Waals surface area contributed by atoms with Crippen molar-refractivity contribution in [1.29, 1.82) is 0 Å². The molecule has 0 heterocycles. The molecule has 3 rings (SSSR count). The highest BCUT2D eigenvalue weighted by Crippen LogP contribution is 2.45. The molecule has 0 N–H and O–H groups in total. The molecule has 1 aliphatic rings. The van der Waals surface area contributed by atoms with Gasteiger partial charge in [0.1, 0.15) is 0 Å². The first-order valence-corrected chi connectivity index (χ1v) is 9.67. The van der Waals surface area contributed by atoms with Crippen LogP contribution in [0.2, 0.25) is 0 Å². The van der Waals surface area contributed by atoms with Crippen LogP contribution in [0.3, 0.4) is 0 Å². The number of carbonyl (C=O) groups excluding carboxylic acids is 1. The van der Waals surface area contributed by atoms with Gasteiger partial charge in [0.2, 0.25) is 0 Å². The minimum atomic E-state index is -0.528. The smallest absolute Gasteiger partial charge is 0.306 e. The van der Waals surface area contributed by atoms with Gasteiger partial charge < -0.3 is 4.74 Å². The van der Waals surface area contributed by atoms with E-state index in [1.54, 1.807) is 0 Å². The minimum absolute atomic E-state index is 0.114. The number of nitrogens with zero attached hydrogens (tertiary/aromatic N) is 1. The fraction of sp³-hybridized carbons (Fsp3) is 0.435. The number of esters is 1. The second-order valence-corrected chi connectivity index (χ2v) is 7.21. The Morgan fingerprint density at radius 3 is 2.42 bits per heavy atom. The van der Waals surface area contributed by atoms with Crippen LogP contribution in [0.1, 0.15) is 43.7 Å². The summed E-state index contributed by atoms with van der Waals surface area (Å²) >= 11 is 0. The molecule has 0 saturated heterocycles. The summed E-state index contributed by atoms with van der Waals surface area (Å²) in [5, 5.41) is 0. The molecule has 2 atom stereocenters. The third-order valence-electron chi connectivity index (χ3n) is 5.54. The summed E-state index contributed by atoms with van der Waals surface area (Å²) in [6, 6.07) is 21.1. The first-order chi connectivity index (χ1) is 12.7. The lowest BCUT2D eigenvalue weighted by molar-refractivity contribution is -0.166. The first-order valence-electron chi connectivity index (χ1n) is 9.67. The minimum Gasteiger partial charge on any atom is -0.452 e. The number of ether oxygens (including phenoxy) is 1. The Kier molecular flexibility index (Phi) is 6.10. The van der Waals surface area contributed by atoms with Crippen LogP contribution in [0, 0.1) is 0 Å². The summed E-state index contributed by atoms with van der Waals surface area (Å²) < 4.78 is 6.14. The molecule has 0 aromatic heterocycles. The molecule has 1 saturated carbocycles. The Hall–Kier alpha value is -2.13. The highest BCUT2D eigenvalue weighted by Gasteiger charge is 2.49. The number of carbonyl (C=O) groups is 1. The van der Waals surface area contributed by atoms with E-state index in [4.69, 9.17) is 4.74 Å². The lowest BCUT2D eigenvalue weighted by atomic mass is 9.87. The molecule has 0 radical (unpaired) electrons. The molecule has 0 aliphatic heterocycles. The van der Waals surface area contributed by atoms with Crippen LogP contribution in [-0.4, -0.2) is 30.5 Å². The zero-order valence-electron chi connectivity index (χ0n) is 15.9. The van der Waals surface area contributed by atoms with E-state index in [0.29, 0.717) is 6.42 Å². The van der Waals surface area contributed by atoms with Crippen LogP contribution in [-0.2, 0) is 21.6 Å². The summed E-state index contributed by atoms with van der Waals surface area (Å²) in [6.07, 6.45) is 4.43. The lowest BCUT2D eigenvalue weighted by Crippen LogP contribution is -2.49. The number of rotatable bonds is 7. The molecular weight excluding hydrogens is 322 g/mol. The van der Waals surface area contributed by atoms with E-state index in [2.05, 4.69) is 54.4 Å². The van der Waals surface area contributed by atoms with Crippen molar-refractivity contribution in [3.8, 4) is 0 Å². The molecule has 1 fully saturated rings. The molecule has 0 spiro atoms. The monoisotopic (exact) mass is 351 g/mol. The number of hydrogen-bond donors (Lipinski definition) is 0. The van der Waals surface area contributed by atoms with E-state index >= 15 is 0 Å². The van der Waals surface area contributed by atoms with Gasteiger partial charge in [0.25, 0.3) is 0 Å². The van der Waals surface area contributed by atoms with Gasteiger partial charge >= 0.3 is 5.97 Å². The fourth-order valence-corrected chi connectivity index (χ4v) is 4.15. The SMILES string of the molecule is CCC(=O)OC1(c2ccccc2)CCC[C@@H]1N(C)CCc1ccccc1. The van der Waals surface area contributed by atoms with Crippen molar-refractivity contribution in [1.82, 2.24) is 4.90 Å². The third kappa shape index (κ3) is 3.99. The summed E-state index contributed by atoms with van der Waals surface area (Å²) in [5.74, 6) is -0.114. The van der Waals surface area contributed by atoms with Crippen LogP contribution in [0.15, 0.2) is 60.7 Å². The third-order valence-corrected chi connectivity index (χ3v) is 5.54. The summed E-state index contributed by atoms with van der Waals surface area (Å²) in [7, 11) is 2.16. The first kappa shape index (κ1) is 18.7. The van der Waals surface area contributed by atoms with E-state index in [1.165, 1.54) is 5.56 Å². The van der Waals surface area contributed by atoms with E-state index < -0.39 is 5.60 Å². The van der Waals surface area contributed by atoms with Crippen molar-refractivity contribution in [3.05, 3.63) is 71.8 Å². The molecule has 3 nitrogen and oxygen atoms in total. The maximum absolute atomic E-state index is 12.3. The fourth-order valence-electron chi connectivity index (χ4n) is 4.15. The topological polar surface area (TPSA) is 29.5 Å². The van der Waals surface area contributed by atoms with Gasteiger partial charge in [0.15, 0.2) is 5.60 Å². The van der Waals surface area contributed by atoms with Crippen LogP contribution >= 0.6 is 0 Å². The van der Waals surface area contributed by atoms with Gasteiger partial charge in [-0.15, -0.1) is 0 Å².